The van der Waals surface area contributed by atoms with E-state index in [1.165, 1.54) is 6.33 Å². The topological polar surface area (TPSA) is 99.2 Å². The second kappa shape index (κ2) is 8.52. The van der Waals surface area contributed by atoms with Gasteiger partial charge in [0.25, 0.3) is 0 Å². The monoisotopic (exact) mass is 485 g/mol. The number of anilines is 1. The van der Waals surface area contributed by atoms with Crippen LogP contribution in [0.4, 0.5) is 5.82 Å². The summed E-state index contributed by atoms with van der Waals surface area (Å²) >= 11 is 6.26. The van der Waals surface area contributed by atoms with Gasteiger partial charge in [-0.1, -0.05) is 41.9 Å². The van der Waals surface area contributed by atoms with Crippen LogP contribution in [-0.2, 0) is 11.4 Å². The number of hydrogen-bond donors (Lipinski definition) is 1. The Hall–Kier alpha value is -4.24. The molecule has 1 amide bonds. The fourth-order valence-electron chi connectivity index (χ4n) is 4.43. The third kappa shape index (κ3) is 3.89. The van der Waals surface area contributed by atoms with E-state index in [0.29, 0.717) is 41.1 Å². The number of benzene rings is 2. The lowest BCUT2D eigenvalue weighted by Gasteiger charge is -2.24. The third-order valence-corrected chi connectivity index (χ3v) is 6.45. The van der Waals surface area contributed by atoms with Crippen molar-refractivity contribution in [3.63, 3.8) is 0 Å². The molecule has 0 bridgehead atoms. The van der Waals surface area contributed by atoms with E-state index in [0.717, 1.165) is 22.4 Å². The minimum Gasteiger partial charge on any atom is -0.489 e. The number of fused-ring (bicyclic) bond motifs is 2. The molecule has 10 heteroatoms. The quantitative estimate of drug-likeness (QED) is 0.398. The molecule has 0 fully saturated rings. The zero-order chi connectivity index (χ0) is 23.9. The smallest absolute Gasteiger partial charge is 0.226 e. The Morgan fingerprint density at radius 1 is 1.11 bits per heavy atom. The molecule has 0 saturated carbocycles. The molecule has 1 aliphatic rings. The highest BCUT2D eigenvalue weighted by molar-refractivity contribution is 6.31. The van der Waals surface area contributed by atoms with Crippen LogP contribution in [0.15, 0.2) is 67.0 Å². The molecule has 0 spiro atoms. The Balaban J connectivity index is 1.35. The number of aromatic nitrogens is 6. The summed E-state index contributed by atoms with van der Waals surface area (Å²) in [6.07, 6.45) is 1.84. The van der Waals surface area contributed by atoms with Crippen LogP contribution in [0, 0.1) is 6.92 Å². The number of rotatable bonds is 5. The normalized spacial score (nSPS) is 15.1. The van der Waals surface area contributed by atoms with Crippen molar-refractivity contribution in [3.8, 4) is 11.6 Å². The number of nitrogens with one attached hydrogen (secondary N) is 1. The van der Waals surface area contributed by atoms with Gasteiger partial charge in [0, 0.05) is 28.5 Å². The SMILES string of the molecule is Cc1nn(-c2ccc3nncn3n2)c2c1[C@@H](c1cccc(OCc3ccccc3Cl)c1)CC(=O)N2. The first-order valence-corrected chi connectivity index (χ1v) is 11.5. The highest BCUT2D eigenvalue weighted by Crippen LogP contribution is 2.40. The van der Waals surface area contributed by atoms with E-state index in [4.69, 9.17) is 21.4 Å². The molecule has 35 heavy (non-hydrogen) atoms. The molecule has 0 radical (unpaired) electrons. The fourth-order valence-corrected chi connectivity index (χ4v) is 4.62. The molecule has 1 N–H and O–H groups in total. The largest absolute Gasteiger partial charge is 0.489 e. The molecule has 5 aromatic rings. The lowest BCUT2D eigenvalue weighted by Crippen LogP contribution is -2.25. The molecule has 1 atom stereocenters. The molecule has 0 saturated heterocycles. The van der Waals surface area contributed by atoms with Gasteiger partial charge in [-0.25, -0.2) is 0 Å². The Labute approximate surface area is 205 Å². The van der Waals surface area contributed by atoms with E-state index in [9.17, 15) is 4.79 Å². The van der Waals surface area contributed by atoms with Crippen molar-refractivity contribution in [1.82, 2.24) is 29.6 Å². The molecule has 174 valence electrons. The molecule has 3 aromatic heterocycles. The van der Waals surface area contributed by atoms with Crippen LogP contribution in [0.25, 0.3) is 11.5 Å². The van der Waals surface area contributed by atoms with Gasteiger partial charge in [0.2, 0.25) is 5.91 Å². The van der Waals surface area contributed by atoms with Crippen LogP contribution in [0.1, 0.15) is 34.7 Å². The maximum atomic E-state index is 12.8. The van der Waals surface area contributed by atoms with Crippen molar-refractivity contribution in [3.05, 3.63) is 94.4 Å². The number of halogens is 1. The van der Waals surface area contributed by atoms with E-state index in [1.54, 1.807) is 21.3 Å². The molecular weight excluding hydrogens is 466 g/mol. The van der Waals surface area contributed by atoms with E-state index in [2.05, 4.69) is 20.6 Å². The van der Waals surface area contributed by atoms with E-state index in [1.807, 2.05) is 55.5 Å². The van der Waals surface area contributed by atoms with E-state index in [-0.39, 0.29) is 11.8 Å². The van der Waals surface area contributed by atoms with Crippen molar-refractivity contribution < 1.29 is 9.53 Å². The van der Waals surface area contributed by atoms with Gasteiger partial charge in [-0.3, -0.25) is 4.79 Å². The second-order valence-electron chi connectivity index (χ2n) is 8.34. The third-order valence-electron chi connectivity index (χ3n) is 6.08. The number of carbonyl (C=O) groups excluding carboxylic acids is 1. The van der Waals surface area contributed by atoms with E-state index >= 15 is 0 Å². The first-order valence-electron chi connectivity index (χ1n) is 11.1. The Morgan fingerprint density at radius 2 is 2.00 bits per heavy atom. The second-order valence-corrected chi connectivity index (χ2v) is 8.75. The van der Waals surface area contributed by atoms with Crippen molar-refractivity contribution >= 4 is 29.0 Å². The van der Waals surface area contributed by atoms with Gasteiger partial charge >= 0.3 is 0 Å². The summed E-state index contributed by atoms with van der Waals surface area (Å²) < 4.78 is 9.26. The van der Waals surface area contributed by atoms with Gasteiger partial charge < -0.3 is 10.1 Å². The number of hydrogen-bond acceptors (Lipinski definition) is 6. The van der Waals surface area contributed by atoms with Crippen LogP contribution in [-0.4, -0.2) is 35.5 Å². The lowest BCUT2D eigenvalue weighted by molar-refractivity contribution is -0.116. The van der Waals surface area contributed by atoms with Gasteiger partial charge in [-0.2, -0.15) is 14.3 Å². The summed E-state index contributed by atoms with van der Waals surface area (Å²) in [5.41, 5.74) is 4.29. The summed E-state index contributed by atoms with van der Waals surface area (Å²) in [5.74, 6) is 1.62. The van der Waals surface area contributed by atoms with Gasteiger partial charge in [0.05, 0.1) is 5.69 Å². The molecule has 1 aliphatic heterocycles. The fraction of sp³-hybridized carbons (Fsp3) is 0.160. The van der Waals surface area contributed by atoms with Gasteiger partial charge in [0.15, 0.2) is 11.5 Å². The highest BCUT2D eigenvalue weighted by Gasteiger charge is 2.33. The maximum absolute atomic E-state index is 12.8. The number of carbonyl (C=O) groups is 1. The molecule has 2 aromatic carbocycles. The maximum Gasteiger partial charge on any atom is 0.226 e. The van der Waals surface area contributed by atoms with Crippen LogP contribution >= 0.6 is 11.6 Å². The average Bonchev–Trinajstić information content (AvgIpc) is 3.47. The van der Waals surface area contributed by atoms with Crippen LogP contribution < -0.4 is 10.1 Å². The molecule has 0 aliphatic carbocycles. The summed E-state index contributed by atoms with van der Waals surface area (Å²) in [6, 6.07) is 19.0. The minimum absolute atomic E-state index is 0.0867. The van der Waals surface area contributed by atoms with E-state index < -0.39 is 0 Å². The number of nitrogens with zero attached hydrogens (tertiary/aromatic N) is 6. The number of ether oxygens (including phenoxy) is 1. The van der Waals surface area contributed by atoms with Crippen LogP contribution in [0.2, 0.25) is 5.02 Å². The first-order chi connectivity index (χ1) is 17.1. The van der Waals surface area contributed by atoms with Gasteiger partial charge in [-0.05, 0) is 42.8 Å². The van der Waals surface area contributed by atoms with Crippen molar-refractivity contribution in [2.45, 2.75) is 25.9 Å². The van der Waals surface area contributed by atoms with Crippen LogP contribution in [0.3, 0.4) is 0 Å². The lowest BCUT2D eigenvalue weighted by atomic mass is 9.86. The Kier molecular flexibility index (Phi) is 5.18. The van der Waals surface area contributed by atoms with Crippen molar-refractivity contribution in [2.75, 3.05) is 5.32 Å². The van der Waals surface area contributed by atoms with Crippen molar-refractivity contribution in [2.24, 2.45) is 0 Å². The Morgan fingerprint density at radius 3 is 2.89 bits per heavy atom. The predicted octanol–water partition coefficient (Wildman–Crippen LogP) is 4.32. The summed E-state index contributed by atoms with van der Waals surface area (Å²) in [7, 11) is 0. The summed E-state index contributed by atoms with van der Waals surface area (Å²) in [5, 5.41) is 20.8. The Bertz CT molecular complexity index is 1580. The van der Waals surface area contributed by atoms with Gasteiger partial charge in [0.1, 0.15) is 24.5 Å². The standard InChI is InChI=1S/C25H20ClN7O2/c1-15-24-19(16-6-4-7-18(11-16)35-13-17-5-2-3-8-20(17)26)12-23(34)28-25(24)33(30-15)22-10-9-21-29-27-14-32(21)31-22/h2-11,14,19H,12-13H2,1H3,(H,28,34)/t19-/m1/s1. The molecule has 6 rings (SSSR count). The summed E-state index contributed by atoms with van der Waals surface area (Å²) in [6.45, 7) is 2.29. The number of amides is 1. The average molecular weight is 486 g/mol. The predicted molar refractivity (Wildman–Crippen MR) is 130 cm³/mol. The van der Waals surface area contributed by atoms with Crippen molar-refractivity contribution in [1.29, 1.82) is 0 Å². The number of aryl methyl sites for hydroxylation is 1. The molecule has 4 heterocycles. The first kappa shape index (κ1) is 21.3. The minimum atomic E-state index is -0.171. The molecular formula is C25H20ClN7O2. The zero-order valence-electron chi connectivity index (χ0n) is 18.7. The molecule has 0 unspecified atom stereocenters. The zero-order valence-corrected chi connectivity index (χ0v) is 19.5. The summed E-state index contributed by atoms with van der Waals surface area (Å²) in [4.78, 5) is 12.8. The van der Waals surface area contributed by atoms with Crippen LogP contribution in [0.5, 0.6) is 5.75 Å². The van der Waals surface area contributed by atoms with Gasteiger partial charge in [-0.15, -0.1) is 15.3 Å². The highest BCUT2D eigenvalue weighted by atomic mass is 35.5. The molecule has 9 nitrogen and oxygen atoms in total.